The molecular weight excluding hydrogens is 412 g/mol. The molecule has 0 amide bonds. The van der Waals surface area contributed by atoms with Gasteiger partial charge in [-0.2, -0.15) is 0 Å². The van der Waals surface area contributed by atoms with Gasteiger partial charge in [0.05, 0.1) is 11.1 Å². The zero-order chi connectivity index (χ0) is 23.1. The van der Waals surface area contributed by atoms with Gasteiger partial charge in [-0.25, -0.2) is 0 Å². The highest BCUT2D eigenvalue weighted by Gasteiger charge is 2.39. The Bertz CT molecular complexity index is 1440. The van der Waals surface area contributed by atoms with Crippen molar-refractivity contribution in [2.75, 3.05) is 0 Å². The first-order valence-electron chi connectivity index (χ1n) is 10.2. The third kappa shape index (κ3) is 2.64. The minimum atomic E-state index is -0.686. The molecule has 1 aromatic heterocycles. The molecule has 0 saturated carbocycles. The van der Waals surface area contributed by atoms with E-state index < -0.39 is 22.7 Å². The van der Waals surface area contributed by atoms with E-state index in [1.807, 2.05) is 13.8 Å². The Morgan fingerprint density at radius 1 is 1.16 bits per heavy atom. The van der Waals surface area contributed by atoms with Crippen molar-refractivity contribution in [1.82, 2.24) is 0 Å². The predicted molar refractivity (Wildman–Crippen MR) is 120 cm³/mol. The SMILES string of the molecule is C=C(C)[C@@H]1Cc2c(oc3cc(O)cc(O)c3c2=O)-c2c(O)c3c(c(O)c21)OC(C)(C)C=C3. The first-order chi connectivity index (χ1) is 15.0. The molecule has 4 N–H and O–H groups in total. The maximum absolute atomic E-state index is 13.3. The standard InChI is InChI=1S/C25H22O7/c1-10(2)13-9-14-21(29)18-15(27)7-11(26)8-16(18)31-23(14)19-17(13)22(30)24-12(20(19)28)5-6-25(3,4)32-24/h5-8,13,26-28,30H,1,9H2,2-4H3/t13-/m0/s1. The van der Waals surface area contributed by atoms with Crippen molar-refractivity contribution in [3.8, 4) is 40.1 Å². The highest BCUT2D eigenvalue weighted by Crippen LogP contribution is 2.57. The first kappa shape index (κ1) is 20.1. The second-order valence-electron chi connectivity index (χ2n) is 8.95. The van der Waals surface area contributed by atoms with Crippen molar-refractivity contribution in [2.24, 2.45) is 0 Å². The Hall–Kier alpha value is -3.87. The van der Waals surface area contributed by atoms with Crippen molar-refractivity contribution in [3.63, 3.8) is 0 Å². The Morgan fingerprint density at radius 3 is 2.56 bits per heavy atom. The van der Waals surface area contributed by atoms with Crippen LogP contribution in [0.2, 0.25) is 0 Å². The van der Waals surface area contributed by atoms with E-state index in [0.29, 0.717) is 11.1 Å². The summed E-state index contributed by atoms with van der Waals surface area (Å²) in [5.41, 5.74) is 0.533. The average Bonchev–Trinajstić information content (AvgIpc) is 2.69. The van der Waals surface area contributed by atoms with Crippen LogP contribution in [0.4, 0.5) is 0 Å². The van der Waals surface area contributed by atoms with Gasteiger partial charge in [0.15, 0.2) is 16.9 Å². The molecule has 1 aliphatic heterocycles. The first-order valence-corrected chi connectivity index (χ1v) is 10.2. The number of allylic oxidation sites excluding steroid dienone is 1. The molecule has 1 atom stereocenters. The number of rotatable bonds is 1. The maximum Gasteiger partial charge on any atom is 0.200 e. The van der Waals surface area contributed by atoms with Crippen LogP contribution in [0.15, 0.2) is 39.6 Å². The number of aromatic hydroxyl groups is 4. The lowest BCUT2D eigenvalue weighted by Crippen LogP contribution is -2.28. The Labute approximate surface area is 183 Å². The predicted octanol–water partition coefficient (Wildman–Crippen LogP) is 4.68. The van der Waals surface area contributed by atoms with Crippen LogP contribution in [0, 0.1) is 0 Å². The lowest BCUT2D eigenvalue weighted by Gasteiger charge is -2.34. The fraction of sp³-hybridized carbons (Fsp3) is 0.240. The zero-order valence-corrected chi connectivity index (χ0v) is 17.8. The molecule has 2 heterocycles. The molecule has 0 fully saturated rings. The number of fused-ring (bicyclic) bond motifs is 5. The Morgan fingerprint density at radius 2 is 1.88 bits per heavy atom. The molecule has 0 unspecified atom stereocenters. The monoisotopic (exact) mass is 434 g/mol. The van der Waals surface area contributed by atoms with Crippen LogP contribution in [0.5, 0.6) is 28.7 Å². The molecule has 2 aliphatic rings. The smallest absolute Gasteiger partial charge is 0.200 e. The van der Waals surface area contributed by atoms with Gasteiger partial charge in [0.1, 0.15) is 39.6 Å². The summed E-state index contributed by atoms with van der Waals surface area (Å²) in [5.74, 6) is -1.28. The Kier molecular flexibility index (Phi) is 3.96. The normalized spacial score (nSPS) is 17.9. The van der Waals surface area contributed by atoms with Gasteiger partial charge in [0.25, 0.3) is 0 Å². The molecule has 5 rings (SSSR count). The lowest BCUT2D eigenvalue weighted by atomic mass is 9.76. The molecule has 0 saturated heterocycles. The largest absolute Gasteiger partial charge is 0.508 e. The second kappa shape index (κ2) is 6.32. The summed E-state index contributed by atoms with van der Waals surface area (Å²) in [6.07, 6.45) is 3.57. The van der Waals surface area contributed by atoms with Gasteiger partial charge in [0.2, 0.25) is 0 Å². The van der Waals surface area contributed by atoms with Crippen LogP contribution in [0.25, 0.3) is 28.4 Å². The van der Waals surface area contributed by atoms with Gasteiger partial charge in [-0.1, -0.05) is 12.2 Å². The molecule has 0 spiro atoms. The minimum absolute atomic E-state index is 0.0319. The number of benzene rings is 2. The van der Waals surface area contributed by atoms with Crippen LogP contribution < -0.4 is 10.2 Å². The van der Waals surface area contributed by atoms with Crippen LogP contribution in [-0.2, 0) is 6.42 Å². The third-order valence-electron chi connectivity index (χ3n) is 6.12. The van der Waals surface area contributed by atoms with E-state index in [-0.39, 0.29) is 62.8 Å². The molecule has 0 bridgehead atoms. The number of hydrogen-bond donors (Lipinski definition) is 4. The fourth-order valence-corrected chi connectivity index (χ4v) is 4.58. The fourth-order valence-electron chi connectivity index (χ4n) is 4.58. The topological polar surface area (TPSA) is 120 Å². The molecule has 3 aromatic rings. The Balaban J connectivity index is 1.94. The summed E-state index contributed by atoms with van der Waals surface area (Å²) in [5, 5.41) is 42.6. The molecular formula is C25H22O7. The maximum atomic E-state index is 13.3. The quantitative estimate of drug-likeness (QED) is 0.324. The molecule has 2 aromatic carbocycles. The van der Waals surface area contributed by atoms with Gasteiger partial charge in [0, 0.05) is 29.2 Å². The molecule has 164 valence electrons. The summed E-state index contributed by atoms with van der Waals surface area (Å²) < 4.78 is 11.9. The summed E-state index contributed by atoms with van der Waals surface area (Å²) in [7, 11) is 0. The van der Waals surface area contributed by atoms with Crippen LogP contribution in [-0.4, -0.2) is 26.0 Å². The minimum Gasteiger partial charge on any atom is -0.508 e. The molecule has 7 nitrogen and oxygen atoms in total. The van der Waals surface area contributed by atoms with E-state index in [9.17, 15) is 25.2 Å². The third-order valence-corrected chi connectivity index (χ3v) is 6.12. The van der Waals surface area contributed by atoms with E-state index >= 15 is 0 Å². The van der Waals surface area contributed by atoms with Gasteiger partial charge < -0.3 is 29.6 Å². The number of phenolic OH excluding ortho intramolecular Hbond substituents is 4. The highest BCUT2D eigenvalue weighted by atomic mass is 16.5. The number of ether oxygens (including phenoxy) is 1. The van der Waals surface area contributed by atoms with Crippen molar-refractivity contribution in [1.29, 1.82) is 0 Å². The van der Waals surface area contributed by atoms with Crippen molar-refractivity contribution in [3.05, 3.63) is 57.3 Å². The van der Waals surface area contributed by atoms with Crippen LogP contribution in [0.3, 0.4) is 0 Å². The number of phenols is 4. The highest BCUT2D eigenvalue weighted by molar-refractivity contribution is 5.92. The van der Waals surface area contributed by atoms with E-state index in [1.165, 1.54) is 6.07 Å². The lowest BCUT2D eigenvalue weighted by molar-refractivity contribution is 0.151. The zero-order valence-electron chi connectivity index (χ0n) is 17.8. The van der Waals surface area contributed by atoms with Gasteiger partial charge in [-0.15, -0.1) is 0 Å². The average molecular weight is 434 g/mol. The van der Waals surface area contributed by atoms with E-state index in [2.05, 4.69) is 6.58 Å². The summed E-state index contributed by atoms with van der Waals surface area (Å²) in [4.78, 5) is 13.3. The molecule has 1 aliphatic carbocycles. The molecule has 32 heavy (non-hydrogen) atoms. The van der Waals surface area contributed by atoms with E-state index in [0.717, 1.165) is 6.07 Å². The van der Waals surface area contributed by atoms with Crippen molar-refractivity contribution in [2.45, 2.75) is 38.7 Å². The summed E-state index contributed by atoms with van der Waals surface area (Å²) in [6.45, 7) is 9.46. The van der Waals surface area contributed by atoms with E-state index in [1.54, 1.807) is 19.1 Å². The van der Waals surface area contributed by atoms with E-state index in [4.69, 9.17) is 9.15 Å². The van der Waals surface area contributed by atoms with Crippen LogP contribution in [0.1, 0.15) is 43.4 Å². The van der Waals surface area contributed by atoms with Gasteiger partial charge >= 0.3 is 0 Å². The number of hydrogen-bond acceptors (Lipinski definition) is 7. The van der Waals surface area contributed by atoms with Gasteiger partial charge in [-0.05, 0) is 39.3 Å². The summed E-state index contributed by atoms with van der Waals surface area (Å²) >= 11 is 0. The second-order valence-corrected chi connectivity index (χ2v) is 8.95. The van der Waals surface area contributed by atoms with Crippen molar-refractivity contribution < 1.29 is 29.6 Å². The summed E-state index contributed by atoms with van der Waals surface area (Å²) in [6, 6.07) is 2.30. The van der Waals surface area contributed by atoms with Gasteiger partial charge in [-0.3, -0.25) is 4.79 Å². The molecule has 7 heteroatoms. The van der Waals surface area contributed by atoms with Crippen LogP contribution >= 0.6 is 0 Å². The van der Waals surface area contributed by atoms with Crippen molar-refractivity contribution >= 4 is 17.0 Å². The molecule has 0 radical (unpaired) electrons.